The van der Waals surface area contributed by atoms with Crippen LogP contribution in [0.25, 0.3) is 0 Å². The molecule has 0 aromatic heterocycles. The summed E-state index contributed by atoms with van der Waals surface area (Å²) in [6, 6.07) is 4.58. The first-order chi connectivity index (χ1) is 8.63. The third-order valence-electron chi connectivity index (χ3n) is 3.09. The fourth-order valence-corrected chi connectivity index (χ4v) is 2.11. The molecule has 1 aliphatic heterocycles. The second-order valence-corrected chi connectivity index (χ2v) is 4.16. The number of ether oxygens (including phenoxy) is 1. The van der Waals surface area contributed by atoms with Gasteiger partial charge in [0.2, 0.25) is 0 Å². The number of Topliss-reactive ketones (excluding diaryl/α,β-unsaturated/α-hetero) is 1. The van der Waals surface area contributed by atoms with Crippen LogP contribution in [0.3, 0.4) is 0 Å². The van der Waals surface area contributed by atoms with Crippen molar-refractivity contribution in [2.45, 2.75) is 12.3 Å². The summed E-state index contributed by atoms with van der Waals surface area (Å²) < 4.78 is 5.00. The number of ketones is 1. The molecule has 0 amide bonds. The average Bonchev–Trinajstić information content (AvgIpc) is 2.38. The van der Waals surface area contributed by atoms with Gasteiger partial charge in [0.15, 0.2) is 5.75 Å². The van der Waals surface area contributed by atoms with Gasteiger partial charge in [-0.1, -0.05) is 6.07 Å². The fourth-order valence-electron chi connectivity index (χ4n) is 2.11. The first-order valence-electron chi connectivity index (χ1n) is 5.69. The Morgan fingerprint density at radius 2 is 2.28 bits per heavy atom. The maximum atomic E-state index is 11.8. The van der Waals surface area contributed by atoms with Gasteiger partial charge < -0.3 is 10.1 Å². The lowest BCUT2D eigenvalue weighted by Gasteiger charge is -2.22. The maximum absolute atomic E-state index is 11.8. The molecule has 1 N–H and O–H groups in total. The number of nitro groups is 1. The van der Waals surface area contributed by atoms with Crippen LogP contribution >= 0.6 is 0 Å². The van der Waals surface area contributed by atoms with E-state index in [-0.39, 0.29) is 23.1 Å². The Morgan fingerprint density at radius 3 is 2.89 bits per heavy atom. The van der Waals surface area contributed by atoms with Gasteiger partial charge in [0.1, 0.15) is 5.78 Å². The number of methoxy groups -OCH3 is 1. The third kappa shape index (κ3) is 2.33. The Kier molecular flexibility index (Phi) is 3.57. The van der Waals surface area contributed by atoms with Crippen LogP contribution in [-0.2, 0) is 4.79 Å². The van der Waals surface area contributed by atoms with E-state index in [2.05, 4.69) is 5.32 Å². The molecule has 0 aliphatic carbocycles. The Labute approximate surface area is 104 Å². The number of nitro benzene ring substituents is 1. The van der Waals surface area contributed by atoms with Gasteiger partial charge in [-0.2, -0.15) is 0 Å². The van der Waals surface area contributed by atoms with Crippen LogP contribution in [0.4, 0.5) is 5.69 Å². The van der Waals surface area contributed by atoms with Crippen molar-refractivity contribution in [3.05, 3.63) is 33.9 Å². The molecule has 0 radical (unpaired) electrons. The Balaban J connectivity index is 2.34. The van der Waals surface area contributed by atoms with Crippen molar-refractivity contribution >= 4 is 11.5 Å². The summed E-state index contributed by atoms with van der Waals surface area (Å²) in [4.78, 5) is 22.1. The highest BCUT2D eigenvalue weighted by Crippen LogP contribution is 2.31. The summed E-state index contributed by atoms with van der Waals surface area (Å²) in [6.07, 6.45) is 0.490. The van der Waals surface area contributed by atoms with Gasteiger partial charge in [-0.15, -0.1) is 0 Å². The molecule has 1 unspecified atom stereocenters. The highest BCUT2D eigenvalue weighted by atomic mass is 16.6. The quantitative estimate of drug-likeness (QED) is 0.645. The van der Waals surface area contributed by atoms with E-state index in [0.29, 0.717) is 19.5 Å². The lowest BCUT2D eigenvalue weighted by atomic mass is 9.90. The number of piperidine rings is 1. The minimum absolute atomic E-state index is 0.0857. The molecular weight excluding hydrogens is 236 g/mol. The SMILES string of the molecule is COc1cc(C2CNCCC2=O)ccc1[N+](=O)[O-]. The monoisotopic (exact) mass is 250 g/mol. The molecule has 18 heavy (non-hydrogen) atoms. The van der Waals surface area contributed by atoms with Gasteiger partial charge in [0.05, 0.1) is 18.0 Å². The summed E-state index contributed by atoms with van der Waals surface area (Å²) in [5.74, 6) is 0.106. The van der Waals surface area contributed by atoms with Crippen molar-refractivity contribution in [2.75, 3.05) is 20.2 Å². The van der Waals surface area contributed by atoms with Gasteiger partial charge in [-0.3, -0.25) is 14.9 Å². The molecule has 1 atom stereocenters. The highest BCUT2D eigenvalue weighted by molar-refractivity contribution is 5.87. The van der Waals surface area contributed by atoms with Gasteiger partial charge in [-0.05, 0) is 11.6 Å². The van der Waals surface area contributed by atoms with E-state index < -0.39 is 4.92 Å². The summed E-state index contributed by atoms with van der Waals surface area (Å²) in [6.45, 7) is 1.26. The number of nitrogens with one attached hydrogen (secondary N) is 1. The molecular formula is C12H14N2O4. The second kappa shape index (κ2) is 5.14. The van der Waals surface area contributed by atoms with Crippen LogP contribution in [0, 0.1) is 10.1 Å². The minimum atomic E-state index is -0.496. The van der Waals surface area contributed by atoms with Crippen LogP contribution in [0.2, 0.25) is 0 Å². The van der Waals surface area contributed by atoms with Gasteiger partial charge in [0, 0.05) is 25.6 Å². The Morgan fingerprint density at radius 1 is 1.50 bits per heavy atom. The van der Waals surface area contributed by atoms with Crippen LogP contribution < -0.4 is 10.1 Å². The summed E-state index contributed by atoms with van der Waals surface area (Å²) in [5.41, 5.74) is 0.673. The van der Waals surface area contributed by atoms with E-state index in [9.17, 15) is 14.9 Å². The zero-order valence-corrected chi connectivity index (χ0v) is 10.0. The largest absolute Gasteiger partial charge is 0.490 e. The van der Waals surface area contributed by atoms with E-state index in [0.717, 1.165) is 5.56 Å². The summed E-state index contributed by atoms with van der Waals surface area (Å²) in [7, 11) is 1.38. The van der Waals surface area contributed by atoms with Gasteiger partial charge >= 0.3 is 5.69 Å². The zero-order chi connectivity index (χ0) is 13.1. The van der Waals surface area contributed by atoms with Crippen LogP contribution in [0.1, 0.15) is 17.9 Å². The molecule has 2 rings (SSSR count). The molecule has 1 aromatic rings. The number of carbonyl (C=O) groups excluding carboxylic acids is 1. The molecule has 1 saturated heterocycles. The maximum Gasteiger partial charge on any atom is 0.310 e. The number of hydrogen-bond donors (Lipinski definition) is 1. The molecule has 1 aliphatic rings. The molecule has 96 valence electrons. The topological polar surface area (TPSA) is 81.5 Å². The fraction of sp³-hybridized carbons (Fsp3) is 0.417. The molecule has 0 spiro atoms. The van der Waals surface area contributed by atoms with Crippen LogP contribution in [-0.4, -0.2) is 30.9 Å². The van der Waals surface area contributed by atoms with E-state index in [1.807, 2.05) is 0 Å². The van der Waals surface area contributed by atoms with Crippen molar-refractivity contribution in [1.29, 1.82) is 0 Å². The molecule has 0 bridgehead atoms. The average molecular weight is 250 g/mol. The minimum Gasteiger partial charge on any atom is -0.490 e. The van der Waals surface area contributed by atoms with Crippen LogP contribution in [0.5, 0.6) is 5.75 Å². The predicted octanol–water partition coefficient (Wildman–Crippen LogP) is 1.25. The highest BCUT2D eigenvalue weighted by Gasteiger charge is 2.25. The standard InChI is InChI=1S/C12H14N2O4/c1-18-12-6-8(2-3-10(12)14(16)17)9-7-13-5-4-11(9)15/h2-3,6,9,13H,4-5,7H2,1H3. The zero-order valence-electron chi connectivity index (χ0n) is 10.0. The number of hydrogen-bond acceptors (Lipinski definition) is 5. The Bertz CT molecular complexity index is 487. The third-order valence-corrected chi connectivity index (χ3v) is 3.09. The second-order valence-electron chi connectivity index (χ2n) is 4.16. The van der Waals surface area contributed by atoms with Crippen molar-refractivity contribution in [3.8, 4) is 5.75 Å². The number of nitrogens with zero attached hydrogens (tertiary/aromatic N) is 1. The summed E-state index contributed by atoms with van der Waals surface area (Å²) >= 11 is 0. The van der Waals surface area contributed by atoms with E-state index in [1.165, 1.54) is 13.2 Å². The normalized spacial score (nSPS) is 19.6. The van der Waals surface area contributed by atoms with E-state index in [4.69, 9.17) is 4.74 Å². The van der Waals surface area contributed by atoms with E-state index >= 15 is 0 Å². The number of rotatable bonds is 3. The molecule has 1 aromatic carbocycles. The summed E-state index contributed by atoms with van der Waals surface area (Å²) in [5, 5.41) is 13.9. The van der Waals surface area contributed by atoms with Crippen LogP contribution in [0.15, 0.2) is 18.2 Å². The smallest absolute Gasteiger partial charge is 0.310 e. The Hall–Kier alpha value is -1.95. The van der Waals surface area contributed by atoms with Crippen molar-refractivity contribution in [1.82, 2.24) is 5.32 Å². The van der Waals surface area contributed by atoms with Crippen molar-refractivity contribution in [3.63, 3.8) is 0 Å². The van der Waals surface area contributed by atoms with E-state index in [1.54, 1.807) is 12.1 Å². The molecule has 6 nitrogen and oxygen atoms in total. The van der Waals surface area contributed by atoms with Crippen molar-refractivity contribution in [2.24, 2.45) is 0 Å². The van der Waals surface area contributed by atoms with Crippen molar-refractivity contribution < 1.29 is 14.5 Å². The number of benzene rings is 1. The molecule has 1 fully saturated rings. The first-order valence-corrected chi connectivity index (χ1v) is 5.69. The first kappa shape index (κ1) is 12.5. The van der Waals surface area contributed by atoms with Gasteiger partial charge in [0.25, 0.3) is 0 Å². The molecule has 0 saturated carbocycles. The molecule has 6 heteroatoms. The van der Waals surface area contributed by atoms with Gasteiger partial charge in [-0.25, -0.2) is 0 Å². The molecule has 1 heterocycles. The lowest BCUT2D eigenvalue weighted by Crippen LogP contribution is -2.35. The number of carbonyl (C=O) groups is 1. The predicted molar refractivity (Wildman–Crippen MR) is 64.9 cm³/mol. The lowest BCUT2D eigenvalue weighted by molar-refractivity contribution is -0.385.